The van der Waals surface area contributed by atoms with E-state index in [-0.39, 0.29) is 18.1 Å². The van der Waals surface area contributed by atoms with Crippen molar-refractivity contribution in [1.29, 1.82) is 0 Å². The summed E-state index contributed by atoms with van der Waals surface area (Å²) in [6.07, 6.45) is 8.82. The largest absolute Gasteiger partial charge is 0.393 e. The van der Waals surface area contributed by atoms with Crippen LogP contribution in [0.15, 0.2) is 36.9 Å². The summed E-state index contributed by atoms with van der Waals surface area (Å²) in [6.45, 7) is 0. The quantitative estimate of drug-likeness (QED) is 0.861. The molecule has 1 amide bonds. The number of nitrogens with zero attached hydrogens (tertiary/aromatic N) is 3. The number of imidazole rings is 1. The predicted molar refractivity (Wildman–Crippen MR) is 81.1 cm³/mol. The molecule has 0 unspecified atom stereocenters. The van der Waals surface area contributed by atoms with Gasteiger partial charge in [0, 0.05) is 37.9 Å². The number of aromatic nitrogens is 3. The standard InChI is InChI=1S/C16H20N4O2/c1-20-7-6-18-15(20)16(22)19-14(12-9-13(21)10-12)8-11-2-4-17-5-3-11/h2-7,12-14,21H,8-10H2,1H3,(H,19,22)/t12?,13?,14-/m0/s1. The lowest BCUT2D eigenvalue weighted by molar-refractivity contribution is 0.0238. The van der Waals surface area contributed by atoms with Crippen molar-refractivity contribution < 1.29 is 9.90 Å². The third kappa shape index (κ3) is 3.17. The number of hydrogen-bond donors (Lipinski definition) is 2. The second kappa shape index (κ2) is 6.27. The minimum absolute atomic E-state index is 0.00463. The number of carbonyl (C=O) groups is 1. The van der Waals surface area contributed by atoms with E-state index in [2.05, 4.69) is 15.3 Å². The van der Waals surface area contributed by atoms with Crippen LogP contribution in [0.4, 0.5) is 0 Å². The molecule has 0 aromatic carbocycles. The van der Waals surface area contributed by atoms with Crippen LogP contribution in [0, 0.1) is 5.92 Å². The van der Waals surface area contributed by atoms with E-state index in [1.54, 1.807) is 36.4 Å². The molecule has 0 spiro atoms. The maximum atomic E-state index is 12.4. The van der Waals surface area contributed by atoms with Crippen LogP contribution in [-0.2, 0) is 13.5 Å². The summed E-state index contributed by atoms with van der Waals surface area (Å²) in [5, 5.41) is 12.6. The Morgan fingerprint density at radius 1 is 1.41 bits per heavy atom. The molecule has 0 bridgehead atoms. The van der Waals surface area contributed by atoms with Gasteiger partial charge in [0.1, 0.15) is 0 Å². The van der Waals surface area contributed by atoms with Gasteiger partial charge in [-0.1, -0.05) is 0 Å². The fourth-order valence-corrected chi connectivity index (χ4v) is 2.88. The van der Waals surface area contributed by atoms with Crippen molar-refractivity contribution in [3.8, 4) is 0 Å². The minimum Gasteiger partial charge on any atom is -0.393 e. The molecular weight excluding hydrogens is 280 g/mol. The van der Waals surface area contributed by atoms with E-state index < -0.39 is 0 Å². The van der Waals surface area contributed by atoms with Gasteiger partial charge < -0.3 is 15.0 Å². The Labute approximate surface area is 129 Å². The van der Waals surface area contributed by atoms with Crippen LogP contribution < -0.4 is 5.32 Å². The Balaban J connectivity index is 1.71. The van der Waals surface area contributed by atoms with Gasteiger partial charge in [-0.2, -0.15) is 0 Å². The first-order chi connectivity index (χ1) is 10.6. The topological polar surface area (TPSA) is 80.0 Å². The highest BCUT2D eigenvalue weighted by atomic mass is 16.3. The second-order valence-corrected chi connectivity index (χ2v) is 5.89. The number of hydrogen-bond acceptors (Lipinski definition) is 4. The maximum absolute atomic E-state index is 12.4. The highest BCUT2D eigenvalue weighted by Gasteiger charge is 2.35. The van der Waals surface area contributed by atoms with E-state index in [1.807, 2.05) is 12.1 Å². The lowest BCUT2D eigenvalue weighted by Crippen LogP contribution is -2.48. The molecule has 1 saturated carbocycles. The van der Waals surface area contributed by atoms with Crippen molar-refractivity contribution in [2.24, 2.45) is 13.0 Å². The maximum Gasteiger partial charge on any atom is 0.287 e. The molecular formula is C16H20N4O2. The van der Waals surface area contributed by atoms with Crippen molar-refractivity contribution >= 4 is 5.91 Å². The minimum atomic E-state index is -0.241. The zero-order chi connectivity index (χ0) is 15.5. The van der Waals surface area contributed by atoms with Crippen LogP contribution >= 0.6 is 0 Å². The molecule has 116 valence electrons. The lowest BCUT2D eigenvalue weighted by Gasteiger charge is -2.38. The first-order valence-corrected chi connectivity index (χ1v) is 7.48. The number of amides is 1. The zero-order valence-electron chi connectivity index (χ0n) is 12.5. The number of carbonyl (C=O) groups excluding carboxylic acids is 1. The van der Waals surface area contributed by atoms with Crippen molar-refractivity contribution in [3.05, 3.63) is 48.3 Å². The first-order valence-electron chi connectivity index (χ1n) is 7.48. The van der Waals surface area contributed by atoms with Gasteiger partial charge in [-0.3, -0.25) is 9.78 Å². The van der Waals surface area contributed by atoms with Gasteiger partial charge in [0.05, 0.1) is 6.10 Å². The number of rotatable bonds is 5. The van der Waals surface area contributed by atoms with Crippen LogP contribution in [0.1, 0.15) is 29.0 Å². The molecule has 1 aliphatic carbocycles. The van der Waals surface area contributed by atoms with Crippen LogP contribution in [-0.4, -0.2) is 37.7 Å². The number of aliphatic hydroxyl groups is 1. The zero-order valence-corrected chi connectivity index (χ0v) is 12.5. The predicted octanol–water partition coefficient (Wildman–Crippen LogP) is 0.927. The van der Waals surface area contributed by atoms with E-state index in [0.717, 1.165) is 24.8 Å². The molecule has 2 N–H and O–H groups in total. The summed E-state index contributed by atoms with van der Waals surface area (Å²) in [5.74, 6) is 0.528. The molecule has 6 heteroatoms. The van der Waals surface area contributed by atoms with Gasteiger partial charge in [0.2, 0.25) is 0 Å². The summed E-state index contributed by atoms with van der Waals surface area (Å²) < 4.78 is 1.70. The third-order valence-corrected chi connectivity index (χ3v) is 4.26. The average molecular weight is 300 g/mol. The molecule has 0 radical (unpaired) electrons. The van der Waals surface area contributed by atoms with E-state index in [0.29, 0.717) is 11.7 Å². The molecule has 2 aromatic heterocycles. The summed E-state index contributed by atoms with van der Waals surface area (Å²) in [4.78, 5) is 20.5. The normalized spacial score (nSPS) is 21.9. The molecule has 6 nitrogen and oxygen atoms in total. The smallest absolute Gasteiger partial charge is 0.287 e. The van der Waals surface area contributed by atoms with E-state index in [4.69, 9.17) is 0 Å². The van der Waals surface area contributed by atoms with Crippen LogP contribution in [0.2, 0.25) is 0 Å². The fourth-order valence-electron chi connectivity index (χ4n) is 2.88. The van der Waals surface area contributed by atoms with Crippen molar-refractivity contribution in [2.45, 2.75) is 31.4 Å². The summed E-state index contributed by atoms with van der Waals surface area (Å²) in [7, 11) is 1.80. The third-order valence-electron chi connectivity index (χ3n) is 4.26. The van der Waals surface area contributed by atoms with E-state index in [9.17, 15) is 9.90 Å². The van der Waals surface area contributed by atoms with E-state index in [1.165, 1.54) is 0 Å². The summed E-state index contributed by atoms with van der Waals surface area (Å²) in [5.41, 5.74) is 1.13. The fraction of sp³-hybridized carbons (Fsp3) is 0.438. The molecule has 3 rings (SSSR count). The second-order valence-electron chi connectivity index (χ2n) is 5.89. The Morgan fingerprint density at radius 2 is 2.14 bits per heavy atom. The number of nitrogens with one attached hydrogen (secondary N) is 1. The van der Waals surface area contributed by atoms with Crippen LogP contribution in [0.25, 0.3) is 0 Å². The van der Waals surface area contributed by atoms with Crippen molar-refractivity contribution in [1.82, 2.24) is 19.9 Å². The number of aryl methyl sites for hydroxylation is 1. The van der Waals surface area contributed by atoms with Gasteiger partial charge in [-0.25, -0.2) is 4.98 Å². The van der Waals surface area contributed by atoms with Gasteiger partial charge in [-0.15, -0.1) is 0 Å². The molecule has 2 aromatic rings. The molecule has 0 aliphatic heterocycles. The highest BCUT2D eigenvalue weighted by molar-refractivity contribution is 5.91. The van der Waals surface area contributed by atoms with Crippen LogP contribution in [0.3, 0.4) is 0 Å². The Kier molecular flexibility index (Phi) is 4.20. The van der Waals surface area contributed by atoms with Crippen LogP contribution in [0.5, 0.6) is 0 Å². The van der Waals surface area contributed by atoms with Crippen molar-refractivity contribution in [3.63, 3.8) is 0 Å². The van der Waals surface area contributed by atoms with Gasteiger partial charge in [0.15, 0.2) is 5.82 Å². The average Bonchev–Trinajstić information content (AvgIpc) is 2.91. The molecule has 1 atom stereocenters. The summed E-state index contributed by atoms with van der Waals surface area (Å²) in [6, 6.07) is 3.90. The molecule has 2 heterocycles. The molecule has 22 heavy (non-hydrogen) atoms. The van der Waals surface area contributed by atoms with Gasteiger partial charge in [0.25, 0.3) is 5.91 Å². The number of pyridine rings is 1. The first kappa shape index (κ1) is 14.7. The highest BCUT2D eigenvalue weighted by Crippen LogP contribution is 2.31. The van der Waals surface area contributed by atoms with Gasteiger partial charge in [-0.05, 0) is 42.9 Å². The lowest BCUT2D eigenvalue weighted by atomic mass is 9.75. The SMILES string of the molecule is Cn1ccnc1C(=O)N[C@@H](Cc1ccncc1)C1CC(O)C1. The summed E-state index contributed by atoms with van der Waals surface area (Å²) >= 11 is 0. The van der Waals surface area contributed by atoms with Gasteiger partial charge >= 0.3 is 0 Å². The monoisotopic (exact) mass is 300 g/mol. The van der Waals surface area contributed by atoms with Crippen molar-refractivity contribution in [2.75, 3.05) is 0 Å². The molecule has 0 saturated heterocycles. The molecule has 1 fully saturated rings. The Morgan fingerprint density at radius 3 is 2.73 bits per heavy atom. The van der Waals surface area contributed by atoms with E-state index >= 15 is 0 Å². The Hall–Kier alpha value is -2.21. The molecule has 1 aliphatic rings. The number of aliphatic hydroxyl groups excluding tert-OH is 1. The Bertz CT molecular complexity index is 635.